The lowest BCUT2D eigenvalue weighted by Crippen LogP contribution is -2.15. The number of rotatable bonds is 5. The summed E-state index contributed by atoms with van der Waals surface area (Å²) in [5.74, 6) is 2.73. The number of fused-ring (bicyclic) bond motifs is 1. The molecule has 6 nitrogen and oxygen atoms in total. The zero-order valence-corrected chi connectivity index (χ0v) is 11.6. The standard InChI is InChI=1S/C12H17ClN6/c13-6-3-4-10-8-18(17-14-10)9-12-16-15-11-5-1-2-7-19(11)12/h8H,1-7,9H2. The Bertz CT molecular complexity index is 546. The summed E-state index contributed by atoms with van der Waals surface area (Å²) < 4.78 is 4.04. The van der Waals surface area contributed by atoms with Gasteiger partial charge >= 0.3 is 0 Å². The summed E-state index contributed by atoms with van der Waals surface area (Å²) in [5, 5.41) is 16.8. The average Bonchev–Trinajstić information content (AvgIpc) is 3.05. The van der Waals surface area contributed by atoms with Gasteiger partial charge < -0.3 is 4.57 Å². The minimum absolute atomic E-state index is 0.640. The van der Waals surface area contributed by atoms with Crippen molar-refractivity contribution >= 4 is 11.6 Å². The lowest BCUT2D eigenvalue weighted by Gasteiger charge is -2.14. The molecule has 0 radical (unpaired) electrons. The van der Waals surface area contributed by atoms with Gasteiger partial charge in [-0.1, -0.05) is 5.21 Å². The zero-order chi connectivity index (χ0) is 13.1. The number of halogens is 1. The minimum atomic E-state index is 0.640. The SMILES string of the molecule is ClCCCc1cn(Cc2nnc3n2CCCC3)nn1. The van der Waals surface area contributed by atoms with Gasteiger partial charge in [-0.05, 0) is 25.7 Å². The molecule has 3 heterocycles. The van der Waals surface area contributed by atoms with Gasteiger partial charge in [0.15, 0.2) is 5.82 Å². The van der Waals surface area contributed by atoms with Crippen LogP contribution in [0.4, 0.5) is 0 Å². The topological polar surface area (TPSA) is 61.4 Å². The van der Waals surface area contributed by atoms with Gasteiger partial charge in [-0.2, -0.15) is 0 Å². The van der Waals surface area contributed by atoms with Gasteiger partial charge in [0, 0.05) is 25.0 Å². The Balaban J connectivity index is 1.71. The predicted octanol–water partition coefficient (Wildman–Crippen LogP) is 1.43. The van der Waals surface area contributed by atoms with E-state index in [1.807, 2.05) is 10.9 Å². The highest BCUT2D eigenvalue weighted by Crippen LogP contribution is 2.14. The molecule has 2 aromatic rings. The van der Waals surface area contributed by atoms with Gasteiger partial charge in [0.2, 0.25) is 0 Å². The van der Waals surface area contributed by atoms with Gasteiger partial charge in [0.1, 0.15) is 12.4 Å². The van der Waals surface area contributed by atoms with Crippen LogP contribution >= 0.6 is 11.6 Å². The maximum atomic E-state index is 5.68. The normalized spacial score (nSPS) is 14.6. The van der Waals surface area contributed by atoms with Crippen molar-refractivity contribution in [3.8, 4) is 0 Å². The van der Waals surface area contributed by atoms with Crippen molar-refractivity contribution in [3.05, 3.63) is 23.5 Å². The summed E-state index contributed by atoms with van der Waals surface area (Å²) in [6, 6.07) is 0. The lowest BCUT2D eigenvalue weighted by molar-refractivity contribution is 0.493. The Morgan fingerprint density at radius 2 is 2.16 bits per heavy atom. The molecule has 0 amide bonds. The maximum Gasteiger partial charge on any atom is 0.154 e. The molecule has 0 unspecified atom stereocenters. The molecule has 0 spiro atoms. The van der Waals surface area contributed by atoms with Crippen molar-refractivity contribution in [2.45, 2.75) is 45.2 Å². The first-order valence-corrected chi connectivity index (χ1v) is 7.26. The van der Waals surface area contributed by atoms with E-state index in [1.165, 1.54) is 12.8 Å². The number of alkyl halides is 1. The molecule has 19 heavy (non-hydrogen) atoms. The van der Waals surface area contributed by atoms with Crippen LogP contribution in [0.3, 0.4) is 0 Å². The highest BCUT2D eigenvalue weighted by Gasteiger charge is 2.16. The number of hydrogen-bond acceptors (Lipinski definition) is 4. The van der Waals surface area contributed by atoms with Crippen molar-refractivity contribution in [1.82, 2.24) is 29.8 Å². The Morgan fingerprint density at radius 1 is 1.21 bits per heavy atom. The molecule has 1 aliphatic heterocycles. The van der Waals surface area contributed by atoms with E-state index in [2.05, 4.69) is 25.1 Å². The summed E-state index contributed by atoms with van der Waals surface area (Å²) in [6.07, 6.45) is 7.23. The molecular weight excluding hydrogens is 264 g/mol. The molecule has 0 saturated heterocycles. The average molecular weight is 281 g/mol. The van der Waals surface area contributed by atoms with Crippen molar-refractivity contribution in [2.75, 3.05) is 5.88 Å². The van der Waals surface area contributed by atoms with Crippen LogP contribution in [0.15, 0.2) is 6.20 Å². The molecule has 1 aliphatic rings. The third-order valence-electron chi connectivity index (χ3n) is 3.39. The largest absolute Gasteiger partial charge is 0.313 e. The molecule has 2 aromatic heterocycles. The Hall–Kier alpha value is -1.43. The monoisotopic (exact) mass is 280 g/mol. The van der Waals surface area contributed by atoms with Crippen LogP contribution < -0.4 is 0 Å². The van der Waals surface area contributed by atoms with E-state index >= 15 is 0 Å². The second kappa shape index (κ2) is 5.69. The predicted molar refractivity (Wildman–Crippen MR) is 71.1 cm³/mol. The van der Waals surface area contributed by atoms with Gasteiger partial charge in [-0.15, -0.1) is 26.9 Å². The van der Waals surface area contributed by atoms with Crippen LogP contribution in [-0.2, 0) is 25.9 Å². The second-order valence-electron chi connectivity index (χ2n) is 4.84. The number of hydrogen-bond donors (Lipinski definition) is 0. The third kappa shape index (κ3) is 2.78. The molecule has 0 aliphatic carbocycles. The molecule has 0 bridgehead atoms. The van der Waals surface area contributed by atoms with E-state index in [0.29, 0.717) is 12.4 Å². The fraction of sp³-hybridized carbons (Fsp3) is 0.667. The quantitative estimate of drug-likeness (QED) is 0.777. The van der Waals surface area contributed by atoms with Crippen molar-refractivity contribution in [1.29, 1.82) is 0 Å². The van der Waals surface area contributed by atoms with E-state index in [0.717, 1.165) is 43.1 Å². The first-order valence-electron chi connectivity index (χ1n) is 6.73. The van der Waals surface area contributed by atoms with Gasteiger partial charge in [-0.25, -0.2) is 4.68 Å². The van der Waals surface area contributed by atoms with Gasteiger partial charge in [0.05, 0.1) is 5.69 Å². The van der Waals surface area contributed by atoms with Gasteiger partial charge in [-0.3, -0.25) is 0 Å². The molecule has 0 N–H and O–H groups in total. The first-order chi connectivity index (χ1) is 9.36. The molecule has 102 valence electrons. The molecule has 0 atom stereocenters. The van der Waals surface area contributed by atoms with Gasteiger partial charge in [0.25, 0.3) is 0 Å². The third-order valence-corrected chi connectivity index (χ3v) is 3.66. The van der Waals surface area contributed by atoms with E-state index in [-0.39, 0.29) is 0 Å². The van der Waals surface area contributed by atoms with Crippen LogP contribution in [0, 0.1) is 0 Å². The van der Waals surface area contributed by atoms with Crippen molar-refractivity contribution in [2.24, 2.45) is 0 Å². The van der Waals surface area contributed by atoms with Crippen molar-refractivity contribution in [3.63, 3.8) is 0 Å². The summed E-state index contributed by atoms with van der Waals surface area (Å²) >= 11 is 5.68. The fourth-order valence-corrected chi connectivity index (χ4v) is 2.54. The Labute approximate surface area is 116 Å². The van der Waals surface area contributed by atoms with E-state index in [1.54, 1.807) is 0 Å². The van der Waals surface area contributed by atoms with E-state index in [4.69, 9.17) is 11.6 Å². The summed E-state index contributed by atoms with van der Waals surface area (Å²) in [7, 11) is 0. The summed E-state index contributed by atoms with van der Waals surface area (Å²) in [5.41, 5.74) is 0.985. The zero-order valence-electron chi connectivity index (χ0n) is 10.8. The Kier molecular flexibility index (Phi) is 3.77. The van der Waals surface area contributed by atoms with Crippen LogP contribution in [0.25, 0.3) is 0 Å². The highest BCUT2D eigenvalue weighted by atomic mass is 35.5. The van der Waals surface area contributed by atoms with Crippen LogP contribution in [0.5, 0.6) is 0 Å². The molecule has 0 fully saturated rings. The highest BCUT2D eigenvalue weighted by molar-refractivity contribution is 6.17. The van der Waals surface area contributed by atoms with Crippen molar-refractivity contribution < 1.29 is 0 Å². The summed E-state index contributed by atoms with van der Waals surface area (Å²) in [6.45, 7) is 1.66. The molecule has 0 aromatic carbocycles. The summed E-state index contributed by atoms with van der Waals surface area (Å²) in [4.78, 5) is 0. The number of aryl methyl sites for hydroxylation is 2. The second-order valence-corrected chi connectivity index (χ2v) is 5.22. The van der Waals surface area contributed by atoms with Crippen LogP contribution in [0.1, 0.15) is 36.6 Å². The maximum absolute atomic E-state index is 5.68. The smallest absolute Gasteiger partial charge is 0.154 e. The molecule has 7 heteroatoms. The minimum Gasteiger partial charge on any atom is -0.313 e. The van der Waals surface area contributed by atoms with E-state index in [9.17, 15) is 0 Å². The molecule has 0 saturated carbocycles. The molecule has 3 rings (SSSR count). The lowest BCUT2D eigenvalue weighted by atomic mass is 10.2. The fourth-order valence-electron chi connectivity index (χ4n) is 2.41. The van der Waals surface area contributed by atoms with Crippen LogP contribution in [-0.4, -0.2) is 35.6 Å². The Morgan fingerprint density at radius 3 is 3.05 bits per heavy atom. The number of nitrogens with zero attached hydrogens (tertiary/aromatic N) is 6. The number of aromatic nitrogens is 6. The molecular formula is C12H17ClN6. The van der Waals surface area contributed by atoms with Crippen LogP contribution in [0.2, 0.25) is 0 Å². The first kappa shape index (κ1) is 12.6. The van der Waals surface area contributed by atoms with E-state index < -0.39 is 0 Å².